The molecule has 1 atom stereocenters. The number of aromatic nitrogens is 3. The van der Waals surface area contributed by atoms with E-state index in [1.807, 2.05) is 41.6 Å². The second kappa shape index (κ2) is 8.76. The fourth-order valence-corrected chi connectivity index (χ4v) is 4.92. The zero-order chi connectivity index (χ0) is 21.2. The van der Waals surface area contributed by atoms with Crippen LogP contribution in [0.5, 0.6) is 0 Å². The van der Waals surface area contributed by atoms with Gasteiger partial charge in [0.15, 0.2) is 5.76 Å². The molecule has 0 aliphatic carbocycles. The number of hydrogen-bond acceptors (Lipinski definition) is 8. The maximum atomic E-state index is 13.0. The van der Waals surface area contributed by atoms with Crippen LogP contribution < -0.4 is 4.90 Å². The molecule has 0 saturated carbocycles. The maximum absolute atomic E-state index is 13.0. The molecule has 31 heavy (non-hydrogen) atoms. The number of carbonyl (C=O) groups is 1. The minimum absolute atomic E-state index is 0.0965. The number of rotatable bonds is 4. The molecule has 2 aliphatic rings. The van der Waals surface area contributed by atoms with Gasteiger partial charge in [-0.05, 0) is 31.2 Å². The van der Waals surface area contributed by atoms with Gasteiger partial charge in [0, 0.05) is 44.4 Å². The zero-order valence-electron chi connectivity index (χ0n) is 17.5. The highest BCUT2D eigenvalue weighted by atomic mass is 32.1. The minimum Gasteiger partial charge on any atom is -0.378 e. The molecule has 3 aromatic heterocycles. The Morgan fingerprint density at radius 3 is 2.87 bits per heavy atom. The molecule has 2 fully saturated rings. The zero-order valence-corrected chi connectivity index (χ0v) is 18.3. The first-order valence-electron chi connectivity index (χ1n) is 10.6. The fraction of sp³-hybridized carbons (Fsp3) is 0.455. The summed E-state index contributed by atoms with van der Waals surface area (Å²) in [5, 5.41) is 5.99. The summed E-state index contributed by atoms with van der Waals surface area (Å²) in [5.74, 6) is 1.59. The molecule has 162 valence electrons. The van der Waals surface area contributed by atoms with Crippen molar-refractivity contribution in [3.63, 3.8) is 0 Å². The van der Waals surface area contributed by atoms with Crippen molar-refractivity contribution < 1.29 is 14.1 Å². The molecule has 5 rings (SSSR count). The monoisotopic (exact) mass is 439 g/mol. The van der Waals surface area contributed by atoms with Gasteiger partial charge in [0.05, 0.1) is 35.0 Å². The molecule has 1 amide bonds. The van der Waals surface area contributed by atoms with E-state index in [0.717, 1.165) is 54.3 Å². The average molecular weight is 440 g/mol. The first kappa shape index (κ1) is 20.1. The molecule has 0 spiro atoms. The van der Waals surface area contributed by atoms with E-state index in [0.29, 0.717) is 31.5 Å². The van der Waals surface area contributed by atoms with Gasteiger partial charge in [-0.3, -0.25) is 4.79 Å². The van der Waals surface area contributed by atoms with Crippen molar-refractivity contribution in [1.82, 2.24) is 20.0 Å². The van der Waals surface area contributed by atoms with Crippen molar-refractivity contribution in [3.8, 4) is 11.3 Å². The van der Waals surface area contributed by atoms with Gasteiger partial charge in [-0.1, -0.05) is 11.2 Å². The molecule has 2 saturated heterocycles. The van der Waals surface area contributed by atoms with Crippen LogP contribution in [0.2, 0.25) is 0 Å². The molecule has 0 bridgehead atoms. The van der Waals surface area contributed by atoms with Gasteiger partial charge in [0.1, 0.15) is 0 Å². The van der Waals surface area contributed by atoms with Crippen LogP contribution in [0.15, 0.2) is 34.3 Å². The van der Waals surface area contributed by atoms with E-state index in [-0.39, 0.29) is 11.8 Å². The molecule has 8 nitrogen and oxygen atoms in total. The lowest BCUT2D eigenvalue weighted by Gasteiger charge is -2.33. The third-order valence-corrected chi connectivity index (χ3v) is 6.68. The molecular formula is C22H25N5O3S. The fourth-order valence-electron chi connectivity index (χ4n) is 4.23. The maximum Gasteiger partial charge on any atom is 0.263 e. The largest absolute Gasteiger partial charge is 0.378 e. The van der Waals surface area contributed by atoms with Gasteiger partial charge in [-0.2, -0.15) is 0 Å². The Bertz CT molecular complexity index is 1050. The van der Waals surface area contributed by atoms with Crippen molar-refractivity contribution in [2.45, 2.75) is 25.7 Å². The second-order valence-corrected chi connectivity index (χ2v) is 8.92. The lowest BCUT2D eigenvalue weighted by molar-refractivity contribution is 0.0711. The number of ether oxygens (including phenoxy) is 1. The highest BCUT2D eigenvalue weighted by Crippen LogP contribution is 2.35. The van der Waals surface area contributed by atoms with Crippen molar-refractivity contribution >= 4 is 23.2 Å². The third-order valence-electron chi connectivity index (χ3n) is 5.82. The molecule has 5 heterocycles. The summed E-state index contributed by atoms with van der Waals surface area (Å²) in [7, 11) is 0. The number of amides is 1. The lowest BCUT2D eigenvalue weighted by Crippen LogP contribution is -2.40. The van der Waals surface area contributed by atoms with Crippen LogP contribution in [0.1, 0.15) is 39.8 Å². The quantitative estimate of drug-likeness (QED) is 0.616. The molecule has 0 N–H and O–H groups in total. The van der Waals surface area contributed by atoms with Gasteiger partial charge in [-0.15, -0.1) is 11.3 Å². The number of piperidine rings is 1. The van der Waals surface area contributed by atoms with Crippen LogP contribution in [-0.4, -0.2) is 65.3 Å². The van der Waals surface area contributed by atoms with Crippen LogP contribution in [-0.2, 0) is 4.74 Å². The smallest absolute Gasteiger partial charge is 0.263 e. The Hall–Kier alpha value is -2.78. The second-order valence-electron chi connectivity index (χ2n) is 7.97. The lowest BCUT2D eigenvalue weighted by atomic mass is 9.91. The number of hydrogen-bond donors (Lipinski definition) is 0. The van der Waals surface area contributed by atoms with Crippen LogP contribution in [0.3, 0.4) is 0 Å². The molecule has 1 unspecified atom stereocenters. The predicted octanol–water partition coefficient (Wildman–Crippen LogP) is 3.36. The average Bonchev–Trinajstić information content (AvgIpc) is 3.51. The van der Waals surface area contributed by atoms with E-state index in [2.05, 4.69) is 15.0 Å². The molecule has 3 aromatic rings. The van der Waals surface area contributed by atoms with Crippen LogP contribution >= 0.6 is 11.3 Å². The normalized spacial score (nSPS) is 19.6. The van der Waals surface area contributed by atoms with Crippen LogP contribution in [0.25, 0.3) is 11.3 Å². The highest BCUT2D eigenvalue weighted by molar-refractivity contribution is 7.12. The summed E-state index contributed by atoms with van der Waals surface area (Å²) >= 11 is 1.49. The minimum atomic E-state index is 0.0965. The van der Waals surface area contributed by atoms with E-state index in [1.54, 1.807) is 0 Å². The summed E-state index contributed by atoms with van der Waals surface area (Å²) in [6.07, 6.45) is 3.74. The number of aryl methyl sites for hydroxylation is 1. The van der Waals surface area contributed by atoms with E-state index in [4.69, 9.17) is 14.2 Å². The first-order chi connectivity index (χ1) is 15.2. The third kappa shape index (κ3) is 4.20. The van der Waals surface area contributed by atoms with Crippen molar-refractivity contribution in [2.75, 3.05) is 44.3 Å². The van der Waals surface area contributed by atoms with E-state index in [1.165, 1.54) is 11.3 Å². The van der Waals surface area contributed by atoms with Crippen molar-refractivity contribution in [2.24, 2.45) is 0 Å². The summed E-state index contributed by atoms with van der Waals surface area (Å²) in [6, 6.07) is 5.72. The molecule has 0 aromatic carbocycles. The molecule has 0 radical (unpaired) electrons. The van der Waals surface area contributed by atoms with Gasteiger partial charge < -0.3 is 19.1 Å². The Morgan fingerprint density at radius 1 is 1.26 bits per heavy atom. The Labute approximate surface area is 184 Å². The number of likely N-dealkylation sites (tertiary alicyclic amines) is 1. The summed E-state index contributed by atoms with van der Waals surface area (Å²) in [6.45, 7) is 6.20. The van der Waals surface area contributed by atoms with Crippen molar-refractivity contribution in [1.29, 1.82) is 0 Å². The Morgan fingerprint density at radius 2 is 2.13 bits per heavy atom. The summed E-state index contributed by atoms with van der Waals surface area (Å²) < 4.78 is 11.0. The summed E-state index contributed by atoms with van der Waals surface area (Å²) in [4.78, 5) is 27.5. The van der Waals surface area contributed by atoms with Crippen LogP contribution in [0, 0.1) is 6.92 Å². The molecular weight excluding hydrogens is 414 g/mol. The number of nitrogens with zero attached hydrogens (tertiary/aromatic N) is 5. The van der Waals surface area contributed by atoms with Crippen LogP contribution in [0.4, 0.5) is 5.95 Å². The predicted molar refractivity (Wildman–Crippen MR) is 117 cm³/mol. The van der Waals surface area contributed by atoms with Gasteiger partial charge in [0.2, 0.25) is 5.95 Å². The number of thiophene rings is 1. The standard InChI is InChI=1S/C22H25N5O3S/c1-15-12-18(30-25-15)17-13-23-22(26-7-9-29-10-8-26)24-20(17)16-4-2-6-27(14-16)21(28)19-5-3-11-31-19/h3,5,11-13,16H,2,4,6-10,14H2,1H3. The van der Waals surface area contributed by atoms with Gasteiger partial charge in [-0.25, -0.2) is 9.97 Å². The van der Waals surface area contributed by atoms with E-state index < -0.39 is 0 Å². The first-order valence-corrected chi connectivity index (χ1v) is 11.5. The van der Waals surface area contributed by atoms with Gasteiger partial charge in [0.25, 0.3) is 5.91 Å². The Kier molecular flexibility index (Phi) is 5.69. The number of morpholine rings is 1. The Balaban J connectivity index is 1.48. The SMILES string of the molecule is Cc1cc(-c2cnc(N3CCOCC3)nc2C2CCCN(C(=O)c3cccs3)C2)on1. The van der Waals surface area contributed by atoms with E-state index in [9.17, 15) is 4.79 Å². The highest BCUT2D eigenvalue weighted by Gasteiger charge is 2.30. The van der Waals surface area contributed by atoms with Gasteiger partial charge >= 0.3 is 0 Å². The number of anilines is 1. The molecule has 9 heteroatoms. The summed E-state index contributed by atoms with van der Waals surface area (Å²) in [5.41, 5.74) is 2.60. The molecule has 2 aliphatic heterocycles. The van der Waals surface area contributed by atoms with Crippen molar-refractivity contribution in [3.05, 3.63) is 46.0 Å². The number of carbonyl (C=O) groups excluding carboxylic acids is 1. The van der Waals surface area contributed by atoms with E-state index >= 15 is 0 Å². The topological polar surface area (TPSA) is 84.6 Å².